The standard InChI is InChI=1S/C18H23N3O3S/c19-15(22)7-18(9-25-10-18)21-16(23)14-6-5-13(12-3-4-12)17(20-14)24-8-11-1-2-11/h5-6,11-12H,1-4,7-10H2,(H2,19,22)(H,21,23). The van der Waals surface area contributed by atoms with Crippen molar-refractivity contribution in [2.24, 2.45) is 11.7 Å². The highest BCUT2D eigenvalue weighted by molar-refractivity contribution is 8.00. The minimum atomic E-state index is -0.528. The summed E-state index contributed by atoms with van der Waals surface area (Å²) in [6.45, 7) is 0.681. The van der Waals surface area contributed by atoms with Gasteiger partial charge in [0.05, 0.1) is 18.6 Å². The van der Waals surface area contributed by atoms with E-state index in [2.05, 4.69) is 10.3 Å². The van der Waals surface area contributed by atoms with Crippen LogP contribution in [0.2, 0.25) is 0 Å². The molecule has 6 nitrogen and oxygen atoms in total. The van der Waals surface area contributed by atoms with E-state index >= 15 is 0 Å². The quantitative estimate of drug-likeness (QED) is 0.737. The first-order valence-corrected chi connectivity index (χ1v) is 10.0. The van der Waals surface area contributed by atoms with Gasteiger partial charge in [-0.25, -0.2) is 4.98 Å². The lowest BCUT2D eigenvalue weighted by molar-refractivity contribution is -0.119. The number of nitrogens with zero attached hydrogens (tertiary/aromatic N) is 1. The van der Waals surface area contributed by atoms with Crippen molar-refractivity contribution < 1.29 is 14.3 Å². The van der Waals surface area contributed by atoms with Gasteiger partial charge in [-0.3, -0.25) is 9.59 Å². The van der Waals surface area contributed by atoms with Crippen molar-refractivity contribution in [2.45, 2.75) is 43.6 Å². The Bertz CT molecular complexity index is 697. The van der Waals surface area contributed by atoms with E-state index in [1.807, 2.05) is 6.07 Å². The van der Waals surface area contributed by atoms with E-state index in [4.69, 9.17) is 10.5 Å². The van der Waals surface area contributed by atoms with Gasteiger partial charge in [0.15, 0.2) is 0 Å². The number of carbonyl (C=O) groups excluding carboxylic acids is 2. The minimum absolute atomic E-state index is 0.164. The SMILES string of the molecule is NC(=O)CC1(NC(=O)c2ccc(C3CC3)c(OCC3CC3)n2)CSC1. The number of hydrogen-bond donors (Lipinski definition) is 2. The number of nitrogens with two attached hydrogens (primary N) is 1. The van der Waals surface area contributed by atoms with Crippen molar-refractivity contribution in [3.63, 3.8) is 0 Å². The van der Waals surface area contributed by atoms with Crippen molar-refractivity contribution in [3.8, 4) is 5.88 Å². The van der Waals surface area contributed by atoms with Crippen molar-refractivity contribution in [2.75, 3.05) is 18.1 Å². The van der Waals surface area contributed by atoms with E-state index in [9.17, 15) is 9.59 Å². The van der Waals surface area contributed by atoms with E-state index in [1.54, 1.807) is 17.8 Å². The summed E-state index contributed by atoms with van der Waals surface area (Å²) in [5, 5.41) is 2.97. The Hall–Kier alpha value is -1.76. The van der Waals surface area contributed by atoms with Crippen LogP contribution in [0.1, 0.15) is 54.1 Å². The summed E-state index contributed by atoms with van der Waals surface area (Å²) < 4.78 is 5.92. The number of carbonyl (C=O) groups is 2. The molecular formula is C18H23N3O3S. The molecule has 3 aliphatic rings. The van der Waals surface area contributed by atoms with Gasteiger partial charge in [0.2, 0.25) is 11.8 Å². The Morgan fingerprint density at radius 3 is 2.60 bits per heavy atom. The molecule has 2 saturated carbocycles. The number of rotatable bonds is 8. The first-order valence-electron chi connectivity index (χ1n) is 8.87. The van der Waals surface area contributed by atoms with Crippen LogP contribution in [0, 0.1) is 5.92 Å². The number of aromatic nitrogens is 1. The molecule has 3 N–H and O–H groups in total. The van der Waals surface area contributed by atoms with Crippen LogP contribution in [-0.2, 0) is 4.79 Å². The van der Waals surface area contributed by atoms with E-state index in [1.165, 1.54) is 12.8 Å². The summed E-state index contributed by atoms with van der Waals surface area (Å²) in [5.41, 5.74) is 6.25. The molecule has 2 amide bonds. The Balaban J connectivity index is 1.49. The van der Waals surface area contributed by atoms with Gasteiger partial charge in [-0.2, -0.15) is 11.8 Å². The first-order chi connectivity index (χ1) is 12.0. The lowest BCUT2D eigenvalue weighted by Gasteiger charge is -2.40. The lowest BCUT2D eigenvalue weighted by atomic mass is 9.98. The second-order valence-electron chi connectivity index (χ2n) is 7.49. The van der Waals surface area contributed by atoms with Crippen molar-refractivity contribution in [3.05, 3.63) is 23.4 Å². The van der Waals surface area contributed by atoms with Crippen LogP contribution >= 0.6 is 11.8 Å². The van der Waals surface area contributed by atoms with Crippen LogP contribution in [0.15, 0.2) is 12.1 Å². The molecule has 1 saturated heterocycles. The molecule has 0 unspecified atom stereocenters. The first kappa shape index (κ1) is 16.7. The van der Waals surface area contributed by atoms with Gasteiger partial charge in [0.1, 0.15) is 5.69 Å². The predicted octanol–water partition coefficient (Wildman–Crippen LogP) is 1.84. The Kier molecular flexibility index (Phi) is 4.35. The lowest BCUT2D eigenvalue weighted by Crippen LogP contribution is -2.59. The zero-order chi connectivity index (χ0) is 17.4. The number of primary amides is 1. The van der Waals surface area contributed by atoms with Crippen molar-refractivity contribution in [1.29, 1.82) is 0 Å². The fraction of sp³-hybridized carbons (Fsp3) is 0.611. The molecule has 0 spiro atoms. The van der Waals surface area contributed by atoms with Gasteiger partial charge in [-0.1, -0.05) is 6.07 Å². The van der Waals surface area contributed by atoms with Gasteiger partial charge in [-0.05, 0) is 43.6 Å². The van der Waals surface area contributed by atoms with Gasteiger partial charge in [0, 0.05) is 17.1 Å². The van der Waals surface area contributed by atoms with Crippen LogP contribution in [0.5, 0.6) is 5.88 Å². The van der Waals surface area contributed by atoms with Crippen LogP contribution in [0.25, 0.3) is 0 Å². The zero-order valence-electron chi connectivity index (χ0n) is 14.1. The maximum Gasteiger partial charge on any atom is 0.270 e. The van der Waals surface area contributed by atoms with Gasteiger partial charge < -0.3 is 15.8 Å². The number of pyridine rings is 1. The maximum absolute atomic E-state index is 12.6. The van der Waals surface area contributed by atoms with Crippen LogP contribution in [-0.4, -0.2) is 40.4 Å². The topological polar surface area (TPSA) is 94.3 Å². The Morgan fingerprint density at radius 2 is 2.04 bits per heavy atom. The third kappa shape index (κ3) is 3.92. The molecule has 1 aromatic rings. The summed E-state index contributed by atoms with van der Waals surface area (Å²) in [7, 11) is 0. The summed E-state index contributed by atoms with van der Waals surface area (Å²) in [4.78, 5) is 28.4. The van der Waals surface area contributed by atoms with Crippen LogP contribution in [0.3, 0.4) is 0 Å². The van der Waals surface area contributed by atoms with Crippen LogP contribution in [0.4, 0.5) is 0 Å². The van der Waals surface area contributed by atoms with Gasteiger partial charge in [0.25, 0.3) is 5.91 Å². The normalized spacial score (nSPS) is 21.3. The molecule has 0 radical (unpaired) electrons. The van der Waals surface area contributed by atoms with Crippen LogP contribution < -0.4 is 15.8 Å². The molecule has 134 valence electrons. The average Bonchev–Trinajstić information content (AvgIpc) is 3.44. The monoisotopic (exact) mass is 361 g/mol. The Morgan fingerprint density at radius 1 is 1.28 bits per heavy atom. The fourth-order valence-corrected chi connectivity index (χ4v) is 4.13. The van der Waals surface area contributed by atoms with Crippen molar-refractivity contribution in [1.82, 2.24) is 10.3 Å². The molecular weight excluding hydrogens is 338 g/mol. The average molecular weight is 361 g/mol. The predicted molar refractivity (Wildman–Crippen MR) is 95.8 cm³/mol. The number of thioether (sulfide) groups is 1. The molecule has 4 rings (SSSR count). The molecule has 2 aliphatic carbocycles. The van der Waals surface area contributed by atoms with Crippen molar-refractivity contribution >= 4 is 23.6 Å². The second-order valence-corrected chi connectivity index (χ2v) is 8.48. The van der Waals surface area contributed by atoms with Gasteiger partial charge in [-0.15, -0.1) is 0 Å². The number of amides is 2. The number of ether oxygens (including phenoxy) is 1. The highest BCUT2D eigenvalue weighted by atomic mass is 32.2. The van der Waals surface area contributed by atoms with E-state index < -0.39 is 11.4 Å². The highest BCUT2D eigenvalue weighted by Crippen LogP contribution is 2.44. The zero-order valence-corrected chi connectivity index (χ0v) is 14.9. The van der Waals surface area contributed by atoms with Gasteiger partial charge >= 0.3 is 0 Å². The molecule has 25 heavy (non-hydrogen) atoms. The number of nitrogens with one attached hydrogen (secondary N) is 1. The molecule has 0 atom stereocenters. The Labute approximate surface area is 151 Å². The molecule has 3 fully saturated rings. The summed E-state index contributed by atoms with van der Waals surface area (Å²) in [6, 6.07) is 3.73. The molecule has 0 aromatic carbocycles. The van der Waals surface area contributed by atoms with E-state index in [0.29, 0.717) is 41.5 Å². The molecule has 0 bridgehead atoms. The summed E-state index contributed by atoms with van der Waals surface area (Å²) >= 11 is 1.69. The molecule has 1 aromatic heterocycles. The highest BCUT2D eigenvalue weighted by Gasteiger charge is 2.41. The smallest absolute Gasteiger partial charge is 0.270 e. The van der Waals surface area contributed by atoms with E-state index in [0.717, 1.165) is 18.4 Å². The molecule has 2 heterocycles. The maximum atomic E-state index is 12.6. The third-order valence-corrected chi connectivity index (χ3v) is 6.45. The summed E-state index contributed by atoms with van der Waals surface area (Å²) in [5.74, 6) is 2.50. The molecule has 1 aliphatic heterocycles. The fourth-order valence-electron chi connectivity index (χ4n) is 3.08. The molecule has 7 heteroatoms. The summed E-state index contributed by atoms with van der Waals surface area (Å²) in [6.07, 6.45) is 4.91. The third-order valence-electron chi connectivity index (χ3n) is 4.94. The largest absolute Gasteiger partial charge is 0.477 e. The second kappa shape index (κ2) is 6.52. The van der Waals surface area contributed by atoms with E-state index in [-0.39, 0.29) is 12.3 Å². The number of hydrogen-bond acceptors (Lipinski definition) is 5. The minimum Gasteiger partial charge on any atom is -0.477 e.